The van der Waals surface area contributed by atoms with E-state index in [0.717, 1.165) is 11.3 Å². The molecule has 2 rings (SSSR count). The van der Waals surface area contributed by atoms with Crippen LogP contribution in [0.2, 0.25) is 5.02 Å². The zero-order chi connectivity index (χ0) is 24.4. The Labute approximate surface area is 202 Å². The first-order chi connectivity index (χ1) is 15.6. The van der Waals surface area contributed by atoms with Gasteiger partial charge in [0.15, 0.2) is 0 Å². The molecule has 0 bridgehead atoms. The summed E-state index contributed by atoms with van der Waals surface area (Å²) in [6.07, 6.45) is 1.34. The Balaban J connectivity index is 2.08. The first-order valence-corrected chi connectivity index (χ1v) is 11.6. The van der Waals surface area contributed by atoms with Gasteiger partial charge in [-0.1, -0.05) is 30.7 Å². The highest BCUT2D eigenvalue weighted by molar-refractivity contribution is 6.30. The van der Waals surface area contributed by atoms with Gasteiger partial charge in [-0.3, -0.25) is 9.59 Å². The summed E-state index contributed by atoms with van der Waals surface area (Å²) < 4.78 is 10.9. The molecule has 0 saturated carbocycles. The van der Waals surface area contributed by atoms with E-state index in [1.807, 2.05) is 52.0 Å². The minimum absolute atomic E-state index is 0.0820. The van der Waals surface area contributed by atoms with E-state index >= 15 is 0 Å². The summed E-state index contributed by atoms with van der Waals surface area (Å²) in [5.41, 5.74) is 0.551. The van der Waals surface area contributed by atoms with Crippen LogP contribution in [0.3, 0.4) is 0 Å². The maximum absolute atomic E-state index is 13.2. The lowest BCUT2D eigenvalue weighted by molar-refractivity contribution is -0.142. The average molecular weight is 475 g/mol. The van der Waals surface area contributed by atoms with Crippen molar-refractivity contribution in [1.82, 2.24) is 10.2 Å². The summed E-state index contributed by atoms with van der Waals surface area (Å²) in [6.45, 7) is 8.46. The predicted molar refractivity (Wildman–Crippen MR) is 132 cm³/mol. The third-order valence-electron chi connectivity index (χ3n) is 5.01. The fraction of sp³-hybridized carbons (Fsp3) is 0.462. The van der Waals surface area contributed by atoms with Crippen LogP contribution in [0.1, 0.15) is 52.5 Å². The SMILES string of the molecule is CC[C@@H](C(=O)NC(C)(C)C)N(Cc1ccc(OC)cc1)C(=O)CCCOc1ccc(Cl)cc1. The van der Waals surface area contributed by atoms with E-state index in [2.05, 4.69) is 5.32 Å². The summed E-state index contributed by atoms with van der Waals surface area (Å²) in [6, 6.07) is 14.1. The number of benzene rings is 2. The second kappa shape index (κ2) is 12.5. The lowest BCUT2D eigenvalue weighted by Crippen LogP contribution is -2.53. The summed E-state index contributed by atoms with van der Waals surface area (Å²) in [4.78, 5) is 27.9. The summed E-state index contributed by atoms with van der Waals surface area (Å²) in [7, 11) is 1.61. The van der Waals surface area contributed by atoms with E-state index in [9.17, 15) is 9.59 Å². The van der Waals surface area contributed by atoms with Gasteiger partial charge in [0.2, 0.25) is 11.8 Å². The van der Waals surface area contributed by atoms with Crippen LogP contribution in [0.4, 0.5) is 0 Å². The van der Waals surface area contributed by atoms with Crippen LogP contribution in [0.15, 0.2) is 48.5 Å². The summed E-state index contributed by atoms with van der Waals surface area (Å²) in [5.74, 6) is 1.22. The van der Waals surface area contributed by atoms with Crippen LogP contribution in [-0.2, 0) is 16.1 Å². The number of methoxy groups -OCH3 is 1. The van der Waals surface area contributed by atoms with Crippen LogP contribution < -0.4 is 14.8 Å². The van der Waals surface area contributed by atoms with E-state index in [-0.39, 0.29) is 23.8 Å². The molecule has 6 nitrogen and oxygen atoms in total. The number of amides is 2. The molecule has 0 aliphatic carbocycles. The number of carbonyl (C=O) groups excluding carboxylic acids is 2. The molecule has 0 fully saturated rings. The van der Waals surface area contributed by atoms with Crippen molar-refractivity contribution in [2.24, 2.45) is 0 Å². The molecule has 0 radical (unpaired) electrons. The van der Waals surface area contributed by atoms with Crippen LogP contribution in [0.25, 0.3) is 0 Å². The standard InChI is InChI=1S/C26H35ClN2O4/c1-6-23(25(31)28-26(2,3)4)29(18-19-9-13-21(32-5)14-10-19)24(30)8-7-17-33-22-15-11-20(27)12-16-22/h9-16,23H,6-8,17-18H2,1-5H3,(H,28,31)/t23-/m0/s1. The van der Waals surface area contributed by atoms with Gasteiger partial charge in [0, 0.05) is 23.5 Å². The van der Waals surface area contributed by atoms with Crippen LogP contribution in [0.5, 0.6) is 11.5 Å². The molecule has 0 saturated heterocycles. The van der Waals surface area contributed by atoms with Crippen molar-refractivity contribution in [2.75, 3.05) is 13.7 Å². The third-order valence-corrected chi connectivity index (χ3v) is 5.27. The van der Waals surface area contributed by atoms with Crippen molar-refractivity contribution in [3.63, 3.8) is 0 Å². The van der Waals surface area contributed by atoms with Gasteiger partial charge in [0.25, 0.3) is 0 Å². The Morgan fingerprint density at radius 2 is 1.64 bits per heavy atom. The molecule has 2 aromatic carbocycles. The van der Waals surface area contributed by atoms with Crippen LogP contribution in [-0.4, -0.2) is 42.0 Å². The van der Waals surface area contributed by atoms with Gasteiger partial charge in [-0.05, 0) is 75.6 Å². The monoisotopic (exact) mass is 474 g/mol. The molecule has 180 valence electrons. The van der Waals surface area contributed by atoms with Crippen molar-refractivity contribution >= 4 is 23.4 Å². The Morgan fingerprint density at radius 1 is 1.03 bits per heavy atom. The number of rotatable bonds is 11. The van der Waals surface area contributed by atoms with Gasteiger partial charge in [-0.2, -0.15) is 0 Å². The van der Waals surface area contributed by atoms with Gasteiger partial charge in [0.1, 0.15) is 17.5 Å². The van der Waals surface area contributed by atoms with Gasteiger partial charge in [0.05, 0.1) is 13.7 Å². The number of nitrogens with zero attached hydrogens (tertiary/aromatic N) is 1. The topological polar surface area (TPSA) is 67.9 Å². The van der Waals surface area contributed by atoms with Gasteiger partial charge < -0.3 is 19.7 Å². The zero-order valence-electron chi connectivity index (χ0n) is 20.2. The average Bonchev–Trinajstić information content (AvgIpc) is 2.77. The van der Waals surface area contributed by atoms with E-state index < -0.39 is 6.04 Å². The second-order valence-corrected chi connectivity index (χ2v) is 9.38. The van der Waals surface area contributed by atoms with Crippen molar-refractivity contribution in [1.29, 1.82) is 0 Å². The minimum atomic E-state index is -0.559. The van der Waals surface area contributed by atoms with E-state index in [1.54, 1.807) is 36.3 Å². The molecule has 1 N–H and O–H groups in total. The maximum atomic E-state index is 13.2. The Hall–Kier alpha value is -2.73. The molecule has 2 amide bonds. The number of hydrogen-bond donors (Lipinski definition) is 1. The quantitative estimate of drug-likeness (QED) is 0.453. The third kappa shape index (κ3) is 8.97. The smallest absolute Gasteiger partial charge is 0.243 e. The van der Waals surface area contributed by atoms with Crippen molar-refractivity contribution < 1.29 is 19.1 Å². The lowest BCUT2D eigenvalue weighted by atomic mass is 10.0. The zero-order valence-corrected chi connectivity index (χ0v) is 20.9. The molecular formula is C26H35ClN2O4. The summed E-state index contributed by atoms with van der Waals surface area (Å²) in [5, 5.41) is 3.66. The fourth-order valence-corrected chi connectivity index (χ4v) is 3.51. The van der Waals surface area contributed by atoms with E-state index in [1.165, 1.54) is 0 Å². The highest BCUT2D eigenvalue weighted by Gasteiger charge is 2.30. The highest BCUT2D eigenvalue weighted by Crippen LogP contribution is 2.19. The lowest BCUT2D eigenvalue weighted by Gasteiger charge is -2.33. The molecule has 0 unspecified atom stereocenters. The van der Waals surface area contributed by atoms with Gasteiger partial charge in [-0.15, -0.1) is 0 Å². The van der Waals surface area contributed by atoms with Gasteiger partial charge >= 0.3 is 0 Å². The maximum Gasteiger partial charge on any atom is 0.243 e. The molecule has 0 aliphatic heterocycles. The molecule has 33 heavy (non-hydrogen) atoms. The Kier molecular flexibility index (Phi) is 10.0. The molecular weight excluding hydrogens is 440 g/mol. The van der Waals surface area contributed by atoms with Crippen LogP contribution >= 0.6 is 11.6 Å². The number of nitrogens with one attached hydrogen (secondary N) is 1. The normalized spacial score (nSPS) is 12.1. The highest BCUT2D eigenvalue weighted by atomic mass is 35.5. The molecule has 2 aromatic rings. The Bertz CT molecular complexity index is 892. The minimum Gasteiger partial charge on any atom is -0.497 e. The van der Waals surface area contributed by atoms with Crippen molar-refractivity contribution in [3.8, 4) is 11.5 Å². The molecule has 7 heteroatoms. The first kappa shape index (κ1) is 26.5. The Morgan fingerprint density at radius 3 is 2.18 bits per heavy atom. The first-order valence-electron chi connectivity index (χ1n) is 11.3. The largest absolute Gasteiger partial charge is 0.497 e. The van der Waals surface area contributed by atoms with Crippen molar-refractivity contribution in [2.45, 2.75) is 65.1 Å². The second-order valence-electron chi connectivity index (χ2n) is 8.94. The number of hydrogen-bond acceptors (Lipinski definition) is 4. The number of carbonyl (C=O) groups is 2. The van der Waals surface area contributed by atoms with Crippen molar-refractivity contribution in [3.05, 3.63) is 59.1 Å². The predicted octanol–water partition coefficient (Wildman–Crippen LogP) is 5.23. The van der Waals surface area contributed by atoms with E-state index in [4.69, 9.17) is 21.1 Å². The molecule has 0 aromatic heterocycles. The summed E-state index contributed by atoms with van der Waals surface area (Å²) >= 11 is 5.90. The molecule has 1 atom stereocenters. The van der Waals surface area contributed by atoms with Gasteiger partial charge in [-0.25, -0.2) is 0 Å². The number of halogens is 1. The van der Waals surface area contributed by atoms with Crippen LogP contribution in [0, 0.1) is 0 Å². The molecule has 0 heterocycles. The molecule has 0 spiro atoms. The van der Waals surface area contributed by atoms with E-state index in [0.29, 0.717) is 36.8 Å². The fourth-order valence-electron chi connectivity index (χ4n) is 3.39. The number of ether oxygens (including phenoxy) is 2. The molecule has 0 aliphatic rings.